The van der Waals surface area contributed by atoms with Crippen LogP contribution in [-0.2, 0) is 21.2 Å². The molecule has 25 heavy (non-hydrogen) atoms. The molecule has 2 aromatic rings. The zero-order valence-corrected chi connectivity index (χ0v) is 15.6. The molecule has 0 saturated heterocycles. The highest BCUT2D eigenvalue weighted by Crippen LogP contribution is 2.34. The van der Waals surface area contributed by atoms with E-state index in [-0.39, 0.29) is 21.5 Å². The monoisotopic (exact) mass is 399 g/mol. The molecule has 0 heterocycles. The van der Waals surface area contributed by atoms with Gasteiger partial charge in [-0.25, -0.2) is 17.9 Å². The van der Waals surface area contributed by atoms with E-state index in [1.807, 2.05) is 12.1 Å². The first-order valence-electron chi connectivity index (χ1n) is 7.50. The standard InChI is InChI=1S/C17H15Cl2NO4S/c1-24-17(21)11-3-7-16(14(19)9-11)25(22,23)20-15-6-2-10-8-12(18)4-5-13(10)15/h3-5,7-9,15,20H,2,6H2,1H3. The van der Waals surface area contributed by atoms with E-state index in [0.29, 0.717) is 11.4 Å². The fourth-order valence-corrected chi connectivity index (χ4v) is 4.91. The first-order valence-corrected chi connectivity index (χ1v) is 9.74. The lowest BCUT2D eigenvalue weighted by molar-refractivity contribution is 0.0600. The summed E-state index contributed by atoms with van der Waals surface area (Å²) in [4.78, 5) is 11.4. The van der Waals surface area contributed by atoms with E-state index < -0.39 is 16.0 Å². The van der Waals surface area contributed by atoms with E-state index in [9.17, 15) is 13.2 Å². The van der Waals surface area contributed by atoms with Crippen molar-refractivity contribution < 1.29 is 17.9 Å². The van der Waals surface area contributed by atoms with E-state index in [4.69, 9.17) is 23.2 Å². The Morgan fingerprint density at radius 2 is 1.96 bits per heavy atom. The Balaban J connectivity index is 1.88. The van der Waals surface area contributed by atoms with Gasteiger partial charge in [-0.15, -0.1) is 0 Å². The number of carbonyl (C=O) groups excluding carboxylic acids is 1. The maximum absolute atomic E-state index is 12.7. The lowest BCUT2D eigenvalue weighted by Crippen LogP contribution is -2.27. The van der Waals surface area contributed by atoms with Crippen molar-refractivity contribution in [3.05, 3.63) is 63.1 Å². The maximum Gasteiger partial charge on any atom is 0.337 e. The quantitative estimate of drug-likeness (QED) is 0.794. The molecular weight excluding hydrogens is 385 g/mol. The topological polar surface area (TPSA) is 72.5 Å². The minimum absolute atomic E-state index is 0.0373. The largest absolute Gasteiger partial charge is 0.465 e. The Kier molecular flexibility index (Phi) is 5.06. The summed E-state index contributed by atoms with van der Waals surface area (Å²) in [5.74, 6) is -0.583. The third-order valence-electron chi connectivity index (χ3n) is 4.12. The van der Waals surface area contributed by atoms with Gasteiger partial charge in [-0.05, 0) is 54.3 Å². The molecule has 1 unspecified atom stereocenters. The number of methoxy groups -OCH3 is 1. The number of ether oxygens (including phenoxy) is 1. The molecule has 0 aliphatic heterocycles. The van der Waals surface area contributed by atoms with Crippen LogP contribution in [0.4, 0.5) is 0 Å². The van der Waals surface area contributed by atoms with E-state index in [1.54, 1.807) is 6.07 Å². The van der Waals surface area contributed by atoms with Crippen LogP contribution >= 0.6 is 23.2 Å². The predicted molar refractivity (Wildman–Crippen MR) is 95.6 cm³/mol. The molecule has 0 radical (unpaired) electrons. The summed E-state index contributed by atoms with van der Waals surface area (Å²) in [6.07, 6.45) is 1.39. The zero-order chi connectivity index (χ0) is 18.2. The van der Waals surface area contributed by atoms with Crippen molar-refractivity contribution in [2.45, 2.75) is 23.8 Å². The fraction of sp³-hybridized carbons (Fsp3) is 0.235. The fourth-order valence-electron chi connectivity index (χ4n) is 2.92. The second-order valence-electron chi connectivity index (χ2n) is 5.69. The van der Waals surface area contributed by atoms with Gasteiger partial charge in [-0.2, -0.15) is 0 Å². The van der Waals surface area contributed by atoms with E-state index >= 15 is 0 Å². The Morgan fingerprint density at radius 3 is 2.64 bits per heavy atom. The average molecular weight is 400 g/mol. The van der Waals surface area contributed by atoms with Gasteiger partial charge in [-0.3, -0.25) is 0 Å². The van der Waals surface area contributed by atoms with Crippen LogP contribution in [0.1, 0.15) is 33.9 Å². The molecule has 2 aromatic carbocycles. The number of esters is 1. The highest BCUT2D eigenvalue weighted by Gasteiger charge is 2.29. The van der Waals surface area contributed by atoms with Gasteiger partial charge in [-0.1, -0.05) is 29.3 Å². The summed E-state index contributed by atoms with van der Waals surface area (Å²) in [7, 11) is -2.60. The highest BCUT2D eigenvalue weighted by atomic mass is 35.5. The number of sulfonamides is 1. The van der Waals surface area contributed by atoms with Gasteiger partial charge in [0.15, 0.2) is 0 Å². The molecule has 3 rings (SSSR count). The predicted octanol–water partition coefficient (Wildman–Crippen LogP) is 3.75. The third kappa shape index (κ3) is 3.67. The van der Waals surface area contributed by atoms with Crippen LogP contribution in [0.3, 0.4) is 0 Å². The van der Waals surface area contributed by atoms with Gasteiger partial charge in [0.25, 0.3) is 0 Å². The molecular formula is C17H15Cl2NO4S. The molecule has 0 bridgehead atoms. The van der Waals surface area contributed by atoms with Gasteiger partial charge in [0.1, 0.15) is 4.90 Å². The summed E-state index contributed by atoms with van der Waals surface area (Å²) >= 11 is 12.1. The van der Waals surface area contributed by atoms with Crippen LogP contribution in [0.15, 0.2) is 41.3 Å². The van der Waals surface area contributed by atoms with Crippen LogP contribution < -0.4 is 4.72 Å². The van der Waals surface area contributed by atoms with Gasteiger partial charge >= 0.3 is 5.97 Å². The Hall–Kier alpha value is -1.60. The zero-order valence-electron chi connectivity index (χ0n) is 13.3. The van der Waals surface area contributed by atoms with Crippen molar-refractivity contribution in [2.24, 2.45) is 0 Å². The molecule has 5 nitrogen and oxygen atoms in total. The number of halogens is 2. The number of aryl methyl sites for hydroxylation is 1. The van der Waals surface area contributed by atoms with Gasteiger partial charge in [0, 0.05) is 11.1 Å². The molecule has 0 spiro atoms. The Bertz CT molecular complexity index is 944. The number of rotatable bonds is 4. The van der Waals surface area contributed by atoms with Crippen LogP contribution in [-0.4, -0.2) is 21.5 Å². The SMILES string of the molecule is COC(=O)c1ccc(S(=O)(=O)NC2CCc3cc(Cl)ccc32)c(Cl)c1. The van der Waals surface area contributed by atoms with Crippen LogP contribution in [0.5, 0.6) is 0 Å². The summed E-state index contributed by atoms with van der Waals surface area (Å²) in [6.45, 7) is 0. The summed E-state index contributed by atoms with van der Waals surface area (Å²) < 4.78 is 32.7. The molecule has 1 aliphatic rings. The first-order chi connectivity index (χ1) is 11.8. The summed E-state index contributed by atoms with van der Waals surface area (Å²) in [6, 6.07) is 9.04. The molecule has 0 fully saturated rings. The molecule has 1 atom stereocenters. The van der Waals surface area contributed by atoms with Crippen LogP contribution in [0.2, 0.25) is 10.0 Å². The second kappa shape index (κ2) is 6.96. The smallest absolute Gasteiger partial charge is 0.337 e. The molecule has 8 heteroatoms. The number of nitrogens with one attached hydrogen (secondary N) is 1. The molecule has 0 aromatic heterocycles. The normalized spacial score (nSPS) is 16.5. The molecule has 132 valence electrons. The van der Waals surface area contributed by atoms with E-state index in [2.05, 4.69) is 9.46 Å². The van der Waals surface area contributed by atoms with Gasteiger partial charge < -0.3 is 4.74 Å². The van der Waals surface area contributed by atoms with Crippen molar-refractivity contribution in [2.75, 3.05) is 7.11 Å². The first kappa shape index (κ1) is 18.2. The number of fused-ring (bicyclic) bond motifs is 1. The van der Waals surface area contributed by atoms with Crippen molar-refractivity contribution >= 4 is 39.2 Å². The van der Waals surface area contributed by atoms with Crippen molar-refractivity contribution in [1.29, 1.82) is 0 Å². The number of benzene rings is 2. The lowest BCUT2D eigenvalue weighted by Gasteiger charge is -2.15. The Morgan fingerprint density at radius 1 is 1.20 bits per heavy atom. The summed E-state index contributed by atoms with van der Waals surface area (Å²) in [5.41, 5.74) is 2.13. The minimum Gasteiger partial charge on any atom is -0.465 e. The molecule has 0 saturated carbocycles. The molecule has 1 N–H and O–H groups in total. The van der Waals surface area contributed by atoms with Crippen molar-refractivity contribution in [3.63, 3.8) is 0 Å². The van der Waals surface area contributed by atoms with E-state index in [1.165, 1.54) is 25.3 Å². The number of hydrogen-bond acceptors (Lipinski definition) is 4. The number of hydrogen-bond donors (Lipinski definition) is 1. The Labute approximate surface area is 155 Å². The van der Waals surface area contributed by atoms with Crippen molar-refractivity contribution in [1.82, 2.24) is 4.72 Å². The molecule has 1 aliphatic carbocycles. The number of carbonyl (C=O) groups is 1. The molecule has 0 amide bonds. The van der Waals surface area contributed by atoms with Crippen molar-refractivity contribution in [3.8, 4) is 0 Å². The maximum atomic E-state index is 12.7. The van der Waals surface area contributed by atoms with E-state index in [0.717, 1.165) is 17.5 Å². The van der Waals surface area contributed by atoms with Crippen LogP contribution in [0.25, 0.3) is 0 Å². The van der Waals surface area contributed by atoms with Gasteiger partial charge in [0.05, 0.1) is 17.7 Å². The summed E-state index contributed by atoms with van der Waals surface area (Å²) in [5, 5.41) is 0.591. The van der Waals surface area contributed by atoms with Crippen LogP contribution in [0, 0.1) is 0 Å². The minimum atomic E-state index is -3.84. The lowest BCUT2D eigenvalue weighted by atomic mass is 10.1. The average Bonchev–Trinajstić information content (AvgIpc) is 2.95. The second-order valence-corrected chi connectivity index (χ2v) is 8.22. The highest BCUT2D eigenvalue weighted by molar-refractivity contribution is 7.89. The van der Waals surface area contributed by atoms with Gasteiger partial charge in [0.2, 0.25) is 10.0 Å². The third-order valence-corrected chi connectivity index (χ3v) is 6.31.